The number of nitrogens with zero attached hydrogens (tertiary/aromatic N) is 3. The van der Waals surface area contributed by atoms with Gasteiger partial charge in [-0.15, -0.1) is 0 Å². The van der Waals surface area contributed by atoms with Crippen LogP contribution in [0.25, 0.3) is 22.3 Å². The minimum Gasteiger partial charge on any atom is -0.379 e. The maximum Gasteiger partial charge on any atom is 0.137 e. The lowest BCUT2D eigenvalue weighted by atomic mass is 9.89. The number of aromatic nitrogens is 2. The third-order valence-electron chi connectivity index (χ3n) is 7.46. The minimum atomic E-state index is -0.575. The average Bonchev–Trinajstić information content (AvgIpc) is 3.23. The molecular formula is C27H28F2N4O. The molecule has 2 aliphatic carbocycles. The Morgan fingerprint density at radius 2 is 1.65 bits per heavy atom. The fraction of sp³-hybridized carbons (Fsp3) is 0.407. The molecule has 0 bridgehead atoms. The molecule has 3 aromatic rings. The van der Waals surface area contributed by atoms with Crippen LogP contribution in [0.3, 0.4) is 0 Å². The zero-order chi connectivity index (χ0) is 23.1. The van der Waals surface area contributed by atoms with Gasteiger partial charge in [-0.25, -0.2) is 18.7 Å². The van der Waals surface area contributed by atoms with E-state index in [0.717, 1.165) is 85.4 Å². The first-order valence-corrected chi connectivity index (χ1v) is 12.2. The van der Waals surface area contributed by atoms with Crippen molar-refractivity contribution in [3.05, 3.63) is 65.6 Å². The highest BCUT2D eigenvalue weighted by Gasteiger charge is 2.29. The van der Waals surface area contributed by atoms with Gasteiger partial charge in [0.05, 0.1) is 18.9 Å². The molecular weight excluding hydrogens is 434 g/mol. The standard InChI is InChI=1S/C27H28F2N4O/c28-20-11-19(12-21(29)15-20)17-1-2-18-14-25-26(24(18)13-17)27(31-16-30-25)32-22-3-5-23(6-4-22)33-7-9-34-10-8-33/h1-2,11-13,15-16,22-23H,3-10,14H2,(H,30,31,32). The van der Waals surface area contributed by atoms with E-state index in [1.165, 1.54) is 25.0 Å². The van der Waals surface area contributed by atoms with Gasteiger partial charge in [0.2, 0.25) is 0 Å². The van der Waals surface area contributed by atoms with E-state index < -0.39 is 11.6 Å². The van der Waals surface area contributed by atoms with Crippen LogP contribution in [0.2, 0.25) is 0 Å². The third kappa shape index (κ3) is 4.18. The Balaban J connectivity index is 1.23. The van der Waals surface area contributed by atoms with Crippen molar-refractivity contribution in [2.75, 3.05) is 31.6 Å². The molecule has 0 atom stereocenters. The monoisotopic (exact) mass is 462 g/mol. The predicted molar refractivity (Wildman–Crippen MR) is 128 cm³/mol. The van der Waals surface area contributed by atoms with Crippen molar-refractivity contribution in [3.8, 4) is 22.3 Å². The Morgan fingerprint density at radius 1 is 0.882 bits per heavy atom. The summed E-state index contributed by atoms with van der Waals surface area (Å²) in [5.41, 5.74) is 5.54. The van der Waals surface area contributed by atoms with Gasteiger partial charge in [0.15, 0.2) is 0 Å². The Kier molecular flexibility index (Phi) is 5.75. The van der Waals surface area contributed by atoms with E-state index >= 15 is 0 Å². The molecule has 0 radical (unpaired) electrons. The van der Waals surface area contributed by atoms with E-state index in [0.29, 0.717) is 17.6 Å². The second-order valence-corrected chi connectivity index (χ2v) is 9.55. The van der Waals surface area contributed by atoms with Gasteiger partial charge >= 0.3 is 0 Å². The second kappa shape index (κ2) is 9.04. The number of halogens is 2. The van der Waals surface area contributed by atoms with Gasteiger partial charge in [-0.2, -0.15) is 0 Å². The minimum absolute atomic E-state index is 0.376. The largest absolute Gasteiger partial charge is 0.379 e. The summed E-state index contributed by atoms with van der Waals surface area (Å²) in [7, 11) is 0. The SMILES string of the molecule is Fc1cc(F)cc(-c2ccc3c(c2)-c2c(ncnc2NC2CCC(N4CCOCC4)CC2)C3)c1. The van der Waals surface area contributed by atoms with Crippen molar-refractivity contribution in [2.24, 2.45) is 0 Å². The molecule has 1 aliphatic heterocycles. The molecule has 0 unspecified atom stereocenters. The average molecular weight is 463 g/mol. The molecule has 6 rings (SSSR count). The molecule has 3 aliphatic rings. The number of anilines is 1. The summed E-state index contributed by atoms with van der Waals surface area (Å²) in [4.78, 5) is 11.7. The van der Waals surface area contributed by atoms with Crippen molar-refractivity contribution in [1.82, 2.24) is 14.9 Å². The van der Waals surface area contributed by atoms with Crippen LogP contribution in [0.5, 0.6) is 0 Å². The van der Waals surface area contributed by atoms with E-state index in [-0.39, 0.29) is 0 Å². The molecule has 7 heteroatoms. The first-order valence-electron chi connectivity index (χ1n) is 12.2. The predicted octanol–water partition coefficient (Wildman–Crippen LogP) is 5.05. The summed E-state index contributed by atoms with van der Waals surface area (Å²) in [5.74, 6) is -0.287. The lowest BCUT2D eigenvalue weighted by Crippen LogP contribution is -2.46. The van der Waals surface area contributed by atoms with Crippen molar-refractivity contribution < 1.29 is 13.5 Å². The van der Waals surface area contributed by atoms with Crippen molar-refractivity contribution in [1.29, 1.82) is 0 Å². The van der Waals surface area contributed by atoms with Crippen LogP contribution in [0.4, 0.5) is 14.6 Å². The van der Waals surface area contributed by atoms with Gasteiger partial charge < -0.3 is 10.1 Å². The van der Waals surface area contributed by atoms with E-state index in [4.69, 9.17) is 4.74 Å². The summed E-state index contributed by atoms with van der Waals surface area (Å²) >= 11 is 0. The maximum atomic E-state index is 13.8. The Morgan fingerprint density at radius 3 is 2.41 bits per heavy atom. The molecule has 1 N–H and O–H groups in total. The Hall–Kier alpha value is -2.90. The molecule has 0 amide bonds. The van der Waals surface area contributed by atoms with Gasteiger partial charge in [0.1, 0.15) is 23.8 Å². The summed E-state index contributed by atoms with van der Waals surface area (Å²) in [6.07, 6.45) is 6.94. The lowest BCUT2D eigenvalue weighted by molar-refractivity contribution is 0.00791. The molecule has 2 fully saturated rings. The van der Waals surface area contributed by atoms with Gasteiger partial charge in [-0.1, -0.05) is 12.1 Å². The number of nitrogens with one attached hydrogen (secondary N) is 1. The van der Waals surface area contributed by atoms with Crippen LogP contribution in [0, 0.1) is 11.6 Å². The lowest BCUT2D eigenvalue weighted by Gasteiger charge is -2.39. The van der Waals surface area contributed by atoms with Gasteiger partial charge in [-0.3, -0.25) is 4.90 Å². The molecule has 1 saturated carbocycles. The van der Waals surface area contributed by atoms with E-state index in [9.17, 15) is 8.78 Å². The Labute approximate surface area is 198 Å². The number of morpholine rings is 1. The first kappa shape index (κ1) is 21.6. The molecule has 176 valence electrons. The summed E-state index contributed by atoms with van der Waals surface area (Å²) in [6, 6.07) is 10.6. The number of fused-ring (bicyclic) bond motifs is 3. The smallest absolute Gasteiger partial charge is 0.137 e. The van der Waals surface area contributed by atoms with Crippen LogP contribution < -0.4 is 5.32 Å². The highest BCUT2D eigenvalue weighted by atomic mass is 19.1. The zero-order valence-electron chi connectivity index (χ0n) is 19.1. The zero-order valence-corrected chi connectivity index (χ0v) is 19.1. The quantitative estimate of drug-likeness (QED) is 0.460. The van der Waals surface area contributed by atoms with E-state index in [1.54, 1.807) is 6.33 Å². The molecule has 2 heterocycles. The number of hydrogen-bond donors (Lipinski definition) is 1. The summed E-state index contributed by atoms with van der Waals surface area (Å²) < 4.78 is 33.1. The number of benzene rings is 2. The van der Waals surface area contributed by atoms with E-state index in [1.807, 2.05) is 18.2 Å². The molecule has 2 aromatic carbocycles. The number of ether oxygens (including phenoxy) is 1. The Bertz CT molecular complexity index is 1180. The highest BCUT2D eigenvalue weighted by molar-refractivity contribution is 5.86. The van der Waals surface area contributed by atoms with Crippen molar-refractivity contribution >= 4 is 5.82 Å². The van der Waals surface area contributed by atoms with Gasteiger partial charge in [0, 0.05) is 43.2 Å². The van der Waals surface area contributed by atoms with Gasteiger partial charge in [0.25, 0.3) is 0 Å². The molecule has 1 aromatic heterocycles. The van der Waals surface area contributed by atoms with Crippen molar-refractivity contribution in [2.45, 2.75) is 44.2 Å². The molecule has 5 nitrogen and oxygen atoms in total. The normalized spacial score (nSPS) is 22.3. The van der Waals surface area contributed by atoms with Crippen molar-refractivity contribution in [3.63, 3.8) is 0 Å². The summed E-state index contributed by atoms with van der Waals surface area (Å²) in [6.45, 7) is 3.76. The van der Waals surface area contributed by atoms with E-state index in [2.05, 4.69) is 20.2 Å². The topological polar surface area (TPSA) is 50.3 Å². The third-order valence-corrected chi connectivity index (χ3v) is 7.46. The highest BCUT2D eigenvalue weighted by Crippen LogP contribution is 2.42. The van der Waals surface area contributed by atoms with Crippen LogP contribution in [0.15, 0.2) is 42.7 Å². The molecule has 0 spiro atoms. The fourth-order valence-corrected chi connectivity index (χ4v) is 5.71. The number of rotatable bonds is 4. The molecule has 1 saturated heterocycles. The maximum absolute atomic E-state index is 13.8. The molecule has 34 heavy (non-hydrogen) atoms. The first-order chi connectivity index (χ1) is 16.6. The van der Waals surface area contributed by atoms with Crippen LogP contribution in [0.1, 0.15) is 36.9 Å². The number of hydrogen-bond acceptors (Lipinski definition) is 5. The van der Waals surface area contributed by atoms with Crippen LogP contribution in [-0.2, 0) is 11.2 Å². The van der Waals surface area contributed by atoms with Crippen LogP contribution in [-0.4, -0.2) is 53.3 Å². The second-order valence-electron chi connectivity index (χ2n) is 9.55. The summed E-state index contributed by atoms with van der Waals surface area (Å²) in [5, 5.41) is 3.71. The van der Waals surface area contributed by atoms with Gasteiger partial charge in [-0.05, 0) is 66.1 Å². The van der Waals surface area contributed by atoms with Crippen LogP contribution >= 0.6 is 0 Å². The fourth-order valence-electron chi connectivity index (χ4n) is 5.71.